The lowest BCUT2D eigenvalue weighted by molar-refractivity contribution is -0.118. The molecule has 0 aliphatic rings. The average molecular weight is 313 g/mol. The normalized spacial score (nSPS) is 10.2. The fraction of sp³-hybridized carbons (Fsp3) is 0.0909. The molecule has 2 N–H and O–H groups in total. The van der Waals surface area contributed by atoms with E-state index in [-0.39, 0.29) is 0 Å². The predicted molar refractivity (Wildman–Crippen MR) is 71.0 cm³/mol. The number of carbonyl (C=O) groups is 1. The van der Waals surface area contributed by atoms with Gasteiger partial charge in [0.05, 0.1) is 5.69 Å². The number of nitrogens with one attached hydrogen (secondary N) is 1. The molecule has 2 aromatic rings. The van der Waals surface area contributed by atoms with Crippen LogP contribution in [-0.4, -0.2) is 22.6 Å². The molecule has 4 nitrogen and oxygen atoms in total. The Morgan fingerprint density at radius 3 is 2.76 bits per heavy atom. The number of amides is 1. The van der Waals surface area contributed by atoms with Crippen molar-refractivity contribution in [3.05, 3.63) is 34.1 Å². The minimum atomic E-state index is -0.535. The van der Waals surface area contributed by atoms with Crippen LogP contribution in [0.5, 0.6) is 0 Å². The zero-order valence-corrected chi connectivity index (χ0v) is 11.1. The number of thiazole rings is 1. The predicted octanol–water partition coefficient (Wildman–Crippen LogP) is 2.50. The van der Waals surface area contributed by atoms with Crippen LogP contribution < -0.4 is 5.32 Å². The van der Waals surface area contributed by atoms with Crippen molar-refractivity contribution in [2.45, 2.75) is 0 Å². The van der Waals surface area contributed by atoms with E-state index in [2.05, 4.69) is 26.2 Å². The maximum Gasteiger partial charge on any atom is 0.251 e. The van der Waals surface area contributed by atoms with Crippen LogP contribution >= 0.6 is 27.3 Å². The van der Waals surface area contributed by atoms with Crippen molar-refractivity contribution in [1.29, 1.82) is 0 Å². The molecule has 1 heterocycles. The number of hydrogen-bond acceptors (Lipinski definition) is 4. The van der Waals surface area contributed by atoms with E-state index in [1.165, 1.54) is 11.3 Å². The number of hydrogen-bond donors (Lipinski definition) is 2. The summed E-state index contributed by atoms with van der Waals surface area (Å²) < 4.78 is 1.00. The van der Waals surface area contributed by atoms with E-state index >= 15 is 0 Å². The number of carbonyl (C=O) groups excluding carboxylic acids is 1. The van der Waals surface area contributed by atoms with E-state index < -0.39 is 12.5 Å². The molecule has 0 fully saturated rings. The highest BCUT2D eigenvalue weighted by atomic mass is 79.9. The zero-order chi connectivity index (χ0) is 12.3. The van der Waals surface area contributed by atoms with Crippen molar-refractivity contribution < 1.29 is 9.90 Å². The zero-order valence-electron chi connectivity index (χ0n) is 8.68. The van der Waals surface area contributed by atoms with E-state index in [9.17, 15) is 4.79 Å². The van der Waals surface area contributed by atoms with Gasteiger partial charge in [0.15, 0.2) is 5.13 Å². The smallest absolute Gasteiger partial charge is 0.251 e. The Balaban J connectivity index is 2.18. The first-order chi connectivity index (χ1) is 8.19. The molecule has 0 bridgehead atoms. The molecule has 0 saturated heterocycles. The first-order valence-electron chi connectivity index (χ1n) is 4.81. The van der Waals surface area contributed by atoms with Gasteiger partial charge in [-0.15, -0.1) is 11.3 Å². The summed E-state index contributed by atoms with van der Waals surface area (Å²) in [6, 6.07) is 7.74. The largest absolute Gasteiger partial charge is 0.387 e. The van der Waals surface area contributed by atoms with Gasteiger partial charge in [0.25, 0.3) is 5.91 Å². The Hall–Kier alpha value is -1.24. The lowest BCUT2D eigenvalue weighted by Crippen LogP contribution is -2.15. The van der Waals surface area contributed by atoms with E-state index in [4.69, 9.17) is 5.11 Å². The maximum atomic E-state index is 11.0. The molecule has 0 aliphatic carbocycles. The van der Waals surface area contributed by atoms with Crippen molar-refractivity contribution >= 4 is 38.3 Å². The van der Waals surface area contributed by atoms with Crippen LogP contribution in [-0.2, 0) is 4.79 Å². The first-order valence-corrected chi connectivity index (χ1v) is 6.48. The fourth-order valence-corrected chi connectivity index (χ4v) is 2.24. The van der Waals surface area contributed by atoms with Gasteiger partial charge in [0.2, 0.25) is 0 Å². The molecule has 1 amide bonds. The first kappa shape index (κ1) is 12.2. The van der Waals surface area contributed by atoms with Gasteiger partial charge >= 0.3 is 0 Å². The SMILES string of the molecule is O=C(CO)Nc1nc(-c2ccc(Br)cc2)cs1. The number of anilines is 1. The van der Waals surface area contributed by atoms with Crippen molar-refractivity contribution in [2.75, 3.05) is 11.9 Å². The van der Waals surface area contributed by atoms with E-state index in [1.54, 1.807) is 0 Å². The Bertz CT molecular complexity index is 525. The van der Waals surface area contributed by atoms with Gasteiger partial charge < -0.3 is 5.11 Å². The summed E-state index contributed by atoms with van der Waals surface area (Å²) in [5, 5.41) is 13.5. The highest BCUT2D eigenvalue weighted by Crippen LogP contribution is 2.25. The van der Waals surface area contributed by atoms with Crippen molar-refractivity contribution in [2.24, 2.45) is 0 Å². The Kier molecular flexibility index (Phi) is 3.88. The number of aliphatic hydroxyl groups is 1. The van der Waals surface area contributed by atoms with Gasteiger partial charge in [0.1, 0.15) is 6.61 Å². The minimum absolute atomic E-state index is 0.457. The molecule has 0 unspecified atom stereocenters. The van der Waals surface area contributed by atoms with Crippen LogP contribution in [0.25, 0.3) is 11.3 Å². The van der Waals surface area contributed by atoms with Crippen LogP contribution in [0.2, 0.25) is 0 Å². The van der Waals surface area contributed by atoms with E-state index in [1.807, 2.05) is 29.6 Å². The molecule has 0 radical (unpaired) electrons. The standard InChI is InChI=1S/C11H9BrN2O2S/c12-8-3-1-7(2-4-8)9-6-17-11(13-9)14-10(16)5-15/h1-4,6,15H,5H2,(H,13,14,16). The number of rotatable bonds is 3. The number of benzene rings is 1. The summed E-state index contributed by atoms with van der Waals surface area (Å²) >= 11 is 4.69. The van der Waals surface area contributed by atoms with Crippen LogP contribution in [0.4, 0.5) is 5.13 Å². The van der Waals surface area contributed by atoms with Gasteiger partial charge in [-0.2, -0.15) is 0 Å². The third-order valence-corrected chi connectivity index (χ3v) is 3.32. The maximum absolute atomic E-state index is 11.0. The number of halogens is 1. The lowest BCUT2D eigenvalue weighted by atomic mass is 10.2. The molecular formula is C11H9BrN2O2S. The van der Waals surface area contributed by atoms with Crippen LogP contribution in [0.3, 0.4) is 0 Å². The van der Waals surface area contributed by atoms with Crippen LogP contribution in [0, 0.1) is 0 Å². The molecule has 1 aromatic heterocycles. The third-order valence-electron chi connectivity index (χ3n) is 2.03. The van der Waals surface area contributed by atoms with Crippen molar-refractivity contribution in [3.8, 4) is 11.3 Å². The molecule has 0 saturated carbocycles. The number of aromatic nitrogens is 1. The molecule has 1 aromatic carbocycles. The molecule has 6 heteroatoms. The summed E-state index contributed by atoms with van der Waals surface area (Å²) in [7, 11) is 0. The van der Waals surface area contributed by atoms with Gasteiger partial charge in [-0.05, 0) is 12.1 Å². The molecule has 88 valence electrons. The lowest BCUT2D eigenvalue weighted by Gasteiger charge is -1.97. The van der Waals surface area contributed by atoms with Crippen LogP contribution in [0.1, 0.15) is 0 Å². The third kappa shape index (κ3) is 3.12. The van der Waals surface area contributed by atoms with Gasteiger partial charge in [-0.3, -0.25) is 10.1 Å². The second-order valence-electron chi connectivity index (χ2n) is 3.25. The topological polar surface area (TPSA) is 62.2 Å². The summed E-state index contributed by atoms with van der Waals surface area (Å²) in [6.45, 7) is -0.535. The van der Waals surface area contributed by atoms with Crippen molar-refractivity contribution in [3.63, 3.8) is 0 Å². The van der Waals surface area contributed by atoms with Gasteiger partial charge in [0, 0.05) is 15.4 Å². The second kappa shape index (κ2) is 5.39. The molecule has 0 aliphatic heterocycles. The number of aliphatic hydroxyl groups excluding tert-OH is 1. The van der Waals surface area contributed by atoms with Crippen LogP contribution in [0.15, 0.2) is 34.1 Å². The summed E-state index contributed by atoms with van der Waals surface area (Å²) in [5.74, 6) is -0.457. The fourth-order valence-electron chi connectivity index (χ4n) is 1.24. The summed E-state index contributed by atoms with van der Waals surface area (Å²) in [4.78, 5) is 15.2. The average Bonchev–Trinajstić information content (AvgIpc) is 2.78. The Morgan fingerprint density at radius 2 is 2.12 bits per heavy atom. The van der Waals surface area contributed by atoms with E-state index in [0.29, 0.717) is 5.13 Å². The molecule has 17 heavy (non-hydrogen) atoms. The molecule has 0 spiro atoms. The Labute approximate surface area is 110 Å². The second-order valence-corrected chi connectivity index (χ2v) is 5.02. The van der Waals surface area contributed by atoms with Gasteiger partial charge in [-0.25, -0.2) is 4.98 Å². The quantitative estimate of drug-likeness (QED) is 0.915. The molecular weight excluding hydrogens is 304 g/mol. The Morgan fingerprint density at radius 1 is 1.41 bits per heavy atom. The molecule has 2 rings (SSSR count). The highest BCUT2D eigenvalue weighted by Gasteiger charge is 2.06. The van der Waals surface area contributed by atoms with Crippen molar-refractivity contribution in [1.82, 2.24) is 4.98 Å². The minimum Gasteiger partial charge on any atom is -0.387 e. The number of nitrogens with zero attached hydrogens (tertiary/aromatic N) is 1. The highest BCUT2D eigenvalue weighted by molar-refractivity contribution is 9.10. The monoisotopic (exact) mass is 312 g/mol. The summed E-state index contributed by atoms with van der Waals surface area (Å²) in [5.41, 5.74) is 1.78. The van der Waals surface area contributed by atoms with E-state index in [0.717, 1.165) is 15.7 Å². The summed E-state index contributed by atoms with van der Waals surface area (Å²) in [6.07, 6.45) is 0. The molecule has 0 atom stereocenters. The van der Waals surface area contributed by atoms with Gasteiger partial charge in [-0.1, -0.05) is 28.1 Å².